The molecule has 0 radical (unpaired) electrons. The van der Waals surface area contributed by atoms with E-state index in [9.17, 15) is 4.79 Å². The number of hydrogen-bond donors (Lipinski definition) is 1. The Bertz CT molecular complexity index is 844. The second kappa shape index (κ2) is 9.32. The lowest BCUT2D eigenvalue weighted by Crippen LogP contribution is -2.39. The molecule has 2 fully saturated rings. The van der Waals surface area contributed by atoms with Crippen molar-refractivity contribution in [2.24, 2.45) is 11.8 Å². The quantitative estimate of drug-likeness (QED) is 0.760. The van der Waals surface area contributed by atoms with Gasteiger partial charge < -0.3 is 20.3 Å². The molecular weight excluding hydrogens is 378 g/mol. The van der Waals surface area contributed by atoms with Gasteiger partial charge in [-0.05, 0) is 43.6 Å². The summed E-state index contributed by atoms with van der Waals surface area (Å²) in [7, 11) is 1.45. The summed E-state index contributed by atoms with van der Waals surface area (Å²) >= 11 is 0. The van der Waals surface area contributed by atoms with Gasteiger partial charge in [0.15, 0.2) is 11.6 Å². The van der Waals surface area contributed by atoms with Crippen LogP contribution in [0.5, 0.6) is 0 Å². The fourth-order valence-corrected chi connectivity index (χ4v) is 4.67. The first-order chi connectivity index (χ1) is 14.7. The number of rotatable bonds is 5. The molecule has 2 aliphatic heterocycles. The minimum Gasteiger partial charge on any atom is -0.469 e. The van der Waals surface area contributed by atoms with Crippen LogP contribution in [0.1, 0.15) is 31.2 Å². The van der Waals surface area contributed by atoms with Gasteiger partial charge in [-0.25, -0.2) is 9.97 Å². The molecule has 0 bridgehead atoms. The van der Waals surface area contributed by atoms with Crippen LogP contribution < -0.4 is 15.5 Å². The van der Waals surface area contributed by atoms with Gasteiger partial charge in [0, 0.05) is 26.2 Å². The van der Waals surface area contributed by atoms with Crippen LogP contribution in [-0.2, 0) is 16.0 Å². The Hall–Kier alpha value is -2.83. The molecule has 0 atom stereocenters. The van der Waals surface area contributed by atoms with Crippen molar-refractivity contribution in [1.82, 2.24) is 9.97 Å². The van der Waals surface area contributed by atoms with Crippen LogP contribution in [0.2, 0.25) is 0 Å². The molecule has 30 heavy (non-hydrogen) atoms. The van der Waals surface area contributed by atoms with Crippen LogP contribution in [0.3, 0.4) is 0 Å². The number of carbonyl (C=O) groups excluding carboxylic acids is 1. The normalized spacial score (nSPS) is 18.4. The Balaban J connectivity index is 1.37. The first kappa shape index (κ1) is 20.4. The van der Waals surface area contributed by atoms with Gasteiger partial charge in [-0.3, -0.25) is 4.79 Å². The van der Waals surface area contributed by atoms with Crippen LogP contribution in [0.25, 0.3) is 0 Å². The molecule has 2 aliphatic rings. The average Bonchev–Trinajstić information content (AvgIpc) is 2.80. The smallest absolute Gasteiger partial charge is 0.308 e. The third-order valence-electron chi connectivity index (χ3n) is 6.45. The molecule has 2 aromatic rings. The molecule has 0 spiro atoms. The lowest BCUT2D eigenvalue weighted by Gasteiger charge is -2.35. The molecule has 1 aromatic heterocycles. The Morgan fingerprint density at radius 3 is 2.13 bits per heavy atom. The summed E-state index contributed by atoms with van der Waals surface area (Å²) < 4.78 is 4.88. The summed E-state index contributed by atoms with van der Waals surface area (Å²) in [6.07, 6.45) is 6.54. The second-order valence-electron chi connectivity index (χ2n) is 8.34. The number of nitrogens with two attached hydrogens (primary N) is 1. The maximum atomic E-state index is 11.8. The average molecular weight is 410 g/mol. The maximum Gasteiger partial charge on any atom is 0.308 e. The number of ether oxygens (including phenoxy) is 1. The van der Waals surface area contributed by atoms with Gasteiger partial charge in [0.2, 0.25) is 0 Å². The summed E-state index contributed by atoms with van der Waals surface area (Å²) in [5.74, 6) is 2.17. The summed E-state index contributed by atoms with van der Waals surface area (Å²) in [5.41, 5.74) is 8.58. The number of aromatic nitrogens is 2. The van der Waals surface area contributed by atoms with Crippen molar-refractivity contribution in [2.75, 3.05) is 48.8 Å². The zero-order chi connectivity index (χ0) is 20.9. The molecule has 0 unspecified atom stereocenters. The number of nitrogen functional groups attached to an aromatic ring is 1. The highest BCUT2D eigenvalue weighted by Crippen LogP contribution is 2.34. The Morgan fingerprint density at radius 2 is 1.57 bits per heavy atom. The topological polar surface area (TPSA) is 84.6 Å². The number of benzene rings is 1. The number of esters is 1. The summed E-state index contributed by atoms with van der Waals surface area (Å²) in [6.45, 7) is 3.42. The number of nitrogens with zero attached hydrogens (tertiary/aromatic N) is 4. The predicted molar refractivity (Wildman–Crippen MR) is 118 cm³/mol. The van der Waals surface area contributed by atoms with Crippen molar-refractivity contribution >= 4 is 23.3 Å². The minimum absolute atomic E-state index is 0.0302. The van der Waals surface area contributed by atoms with E-state index in [1.165, 1.54) is 12.7 Å². The number of hydrogen-bond acceptors (Lipinski definition) is 7. The van der Waals surface area contributed by atoms with E-state index in [0.29, 0.717) is 11.6 Å². The molecule has 4 rings (SSSR count). The molecule has 2 N–H and O–H groups in total. The lowest BCUT2D eigenvalue weighted by molar-refractivity contribution is -0.146. The molecule has 0 amide bonds. The minimum atomic E-state index is -0.121. The standard InChI is InChI=1S/C23H31N5O2/c1-30-23(29)19-9-13-28(14-10-19)22-20(24)21(25-16-26-22)27-11-7-18(8-12-27)15-17-5-3-2-4-6-17/h2-6,16,18-19H,7-15,24H2,1H3. The Kier molecular flexibility index (Phi) is 6.35. The predicted octanol–water partition coefficient (Wildman–Crippen LogP) is 2.91. The lowest BCUT2D eigenvalue weighted by atomic mass is 9.90. The van der Waals surface area contributed by atoms with E-state index in [0.717, 1.165) is 69.9 Å². The highest BCUT2D eigenvalue weighted by molar-refractivity contribution is 5.77. The first-order valence-corrected chi connectivity index (χ1v) is 10.9. The molecule has 2 saturated heterocycles. The van der Waals surface area contributed by atoms with E-state index in [-0.39, 0.29) is 11.9 Å². The maximum absolute atomic E-state index is 11.8. The van der Waals surface area contributed by atoms with Crippen LogP contribution in [0, 0.1) is 11.8 Å². The molecule has 0 saturated carbocycles. The molecule has 0 aliphatic carbocycles. The SMILES string of the molecule is COC(=O)C1CCN(c2ncnc(N3CCC(Cc4ccccc4)CC3)c2N)CC1. The van der Waals surface area contributed by atoms with E-state index in [1.54, 1.807) is 6.33 Å². The van der Waals surface area contributed by atoms with Gasteiger partial charge >= 0.3 is 5.97 Å². The van der Waals surface area contributed by atoms with E-state index < -0.39 is 0 Å². The number of carbonyl (C=O) groups is 1. The molecule has 1 aromatic carbocycles. The van der Waals surface area contributed by atoms with Crippen molar-refractivity contribution in [2.45, 2.75) is 32.1 Å². The second-order valence-corrected chi connectivity index (χ2v) is 8.34. The molecular formula is C23H31N5O2. The van der Waals surface area contributed by atoms with Crippen LogP contribution >= 0.6 is 0 Å². The monoisotopic (exact) mass is 409 g/mol. The zero-order valence-electron chi connectivity index (χ0n) is 17.7. The number of piperidine rings is 2. The number of anilines is 3. The van der Waals surface area contributed by atoms with Gasteiger partial charge in [-0.15, -0.1) is 0 Å². The summed E-state index contributed by atoms with van der Waals surface area (Å²) in [5, 5.41) is 0. The largest absolute Gasteiger partial charge is 0.469 e. The molecule has 7 nitrogen and oxygen atoms in total. The highest BCUT2D eigenvalue weighted by atomic mass is 16.5. The summed E-state index contributed by atoms with van der Waals surface area (Å²) in [6, 6.07) is 10.7. The Morgan fingerprint density at radius 1 is 1.00 bits per heavy atom. The van der Waals surface area contributed by atoms with Crippen molar-refractivity contribution in [3.8, 4) is 0 Å². The van der Waals surface area contributed by atoms with Crippen molar-refractivity contribution in [3.05, 3.63) is 42.2 Å². The third kappa shape index (κ3) is 4.50. The van der Waals surface area contributed by atoms with Gasteiger partial charge in [0.25, 0.3) is 0 Å². The van der Waals surface area contributed by atoms with E-state index in [4.69, 9.17) is 10.5 Å². The number of methoxy groups -OCH3 is 1. The van der Waals surface area contributed by atoms with Gasteiger partial charge in [0.05, 0.1) is 13.0 Å². The van der Waals surface area contributed by atoms with Crippen molar-refractivity contribution in [3.63, 3.8) is 0 Å². The highest BCUT2D eigenvalue weighted by Gasteiger charge is 2.29. The zero-order valence-corrected chi connectivity index (χ0v) is 17.7. The van der Waals surface area contributed by atoms with Gasteiger partial charge in [0.1, 0.15) is 12.0 Å². The van der Waals surface area contributed by atoms with Crippen LogP contribution in [0.4, 0.5) is 17.3 Å². The van der Waals surface area contributed by atoms with E-state index >= 15 is 0 Å². The van der Waals surface area contributed by atoms with Crippen molar-refractivity contribution in [1.29, 1.82) is 0 Å². The molecule has 3 heterocycles. The molecule has 160 valence electrons. The summed E-state index contributed by atoms with van der Waals surface area (Å²) in [4.78, 5) is 25.2. The molecule has 7 heteroatoms. The van der Waals surface area contributed by atoms with E-state index in [2.05, 4.69) is 50.1 Å². The van der Waals surface area contributed by atoms with Gasteiger partial charge in [-0.2, -0.15) is 0 Å². The fourth-order valence-electron chi connectivity index (χ4n) is 4.67. The van der Waals surface area contributed by atoms with Gasteiger partial charge in [-0.1, -0.05) is 30.3 Å². The van der Waals surface area contributed by atoms with E-state index in [1.807, 2.05) is 0 Å². The fraction of sp³-hybridized carbons (Fsp3) is 0.522. The third-order valence-corrected chi connectivity index (χ3v) is 6.45. The Labute approximate surface area is 178 Å². The van der Waals surface area contributed by atoms with Crippen LogP contribution in [0.15, 0.2) is 36.7 Å². The first-order valence-electron chi connectivity index (χ1n) is 10.9. The van der Waals surface area contributed by atoms with Crippen LogP contribution in [-0.4, -0.2) is 49.2 Å². The van der Waals surface area contributed by atoms with Crippen molar-refractivity contribution < 1.29 is 9.53 Å².